The first-order chi connectivity index (χ1) is 31.3. The number of ether oxygens (including phenoxy) is 1. The molecule has 0 amide bonds. The van der Waals surface area contributed by atoms with Crippen molar-refractivity contribution in [2.45, 2.75) is 294 Å². The number of allylic oxidation sites excluding steroid dienone is 2. The highest BCUT2D eigenvalue weighted by molar-refractivity contribution is 4.73. The molecule has 0 aromatic heterocycles. The SMILES string of the molecule is CC(C)(C)CCCCCO.CC(C)CCCCCCO.CC(C)CCCCO.CCCCCC=COCCO.CCCCCCCCCCC=CO.CCCCCCCCCCCCO. The van der Waals surface area contributed by atoms with Gasteiger partial charge in [0, 0.05) is 26.4 Å². The van der Waals surface area contributed by atoms with Crippen LogP contribution in [0.25, 0.3) is 0 Å². The summed E-state index contributed by atoms with van der Waals surface area (Å²) in [5.74, 6) is 1.63. The fourth-order valence-electron chi connectivity index (χ4n) is 6.47. The highest BCUT2D eigenvalue weighted by Crippen LogP contribution is 2.21. The highest BCUT2D eigenvalue weighted by Gasteiger charge is 2.08. The maximum absolute atomic E-state index is 8.57. The van der Waals surface area contributed by atoms with Gasteiger partial charge in [-0.2, -0.15) is 0 Å². The second kappa shape index (κ2) is 74.4. The molecule has 7 nitrogen and oxygen atoms in total. The molecule has 6 N–H and O–H groups in total. The van der Waals surface area contributed by atoms with Gasteiger partial charge in [0.05, 0.1) is 19.1 Å². The third-order valence-corrected chi connectivity index (χ3v) is 10.7. The van der Waals surface area contributed by atoms with Crippen molar-refractivity contribution in [2.75, 3.05) is 39.6 Å². The van der Waals surface area contributed by atoms with E-state index in [-0.39, 0.29) is 6.61 Å². The van der Waals surface area contributed by atoms with Gasteiger partial charge in [-0.1, -0.05) is 242 Å². The largest absolute Gasteiger partial charge is 0.516 e. The van der Waals surface area contributed by atoms with Gasteiger partial charge in [-0.05, 0) is 81.1 Å². The Balaban J connectivity index is -0.000000162. The van der Waals surface area contributed by atoms with Gasteiger partial charge in [0.25, 0.3) is 0 Å². The summed E-state index contributed by atoms with van der Waals surface area (Å²) >= 11 is 0. The Hall–Kier alpha value is -1.12. The molecule has 0 unspecified atom stereocenters. The van der Waals surface area contributed by atoms with Gasteiger partial charge in [-0.3, -0.25) is 0 Å². The summed E-state index contributed by atoms with van der Waals surface area (Å²) in [5, 5.41) is 50.6. The van der Waals surface area contributed by atoms with Crippen molar-refractivity contribution >= 4 is 0 Å². The first-order valence-electron chi connectivity index (χ1n) is 27.9. The van der Waals surface area contributed by atoms with E-state index in [9.17, 15) is 0 Å². The minimum Gasteiger partial charge on any atom is -0.516 e. The van der Waals surface area contributed by atoms with Crippen LogP contribution in [0.2, 0.25) is 0 Å². The zero-order chi connectivity index (χ0) is 50.2. The van der Waals surface area contributed by atoms with Crippen molar-refractivity contribution in [2.24, 2.45) is 17.3 Å². The Morgan fingerprint density at radius 3 is 1.06 bits per heavy atom. The van der Waals surface area contributed by atoms with Crippen LogP contribution in [0.3, 0.4) is 0 Å². The highest BCUT2D eigenvalue weighted by atomic mass is 16.5. The van der Waals surface area contributed by atoms with Gasteiger partial charge in [-0.25, -0.2) is 0 Å². The average Bonchev–Trinajstić information content (AvgIpc) is 3.27. The summed E-state index contributed by atoms with van der Waals surface area (Å²) in [6.07, 6.45) is 50.9. The normalized spacial score (nSPS) is 11.0. The molecule has 0 bridgehead atoms. The van der Waals surface area contributed by atoms with E-state index in [0.29, 0.717) is 38.4 Å². The Labute approximate surface area is 409 Å². The monoisotopic (exact) mass is 933 g/mol. The van der Waals surface area contributed by atoms with Gasteiger partial charge in [0.15, 0.2) is 0 Å². The number of aliphatic hydroxyl groups excluding tert-OH is 6. The molecule has 0 fully saturated rings. The zero-order valence-electron chi connectivity index (χ0n) is 46.0. The maximum atomic E-state index is 8.57. The summed E-state index contributed by atoms with van der Waals surface area (Å²) < 4.78 is 4.93. The minimum atomic E-state index is 0.0965. The molecule has 0 spiro atoms. The first-order valence-corrected chi connectivity index (χ1v) is 27.9. The van der Waals surface area contributed by atoms with Crippen molar-refractivity contribution in [1.82, 2.24) is 0 Å². The second-order valence-electron chi connectivity index (χ2n) is 20.0. The van der Waals surface area contributed by atoms with Crippen LogP contribution >= 0.6 is 0 Å². The molecule has 0 aliphatic rings. The molecule has 0 saturated carbocycles. The molecule has 398 valence electrons. The van der Waals surface area contributed by atoms with E-state index in [1.807, 2.05) is 12.2 Å². The van der Waals surface area contributed by atoms with Crippen molar-refractivity contribution in [3.8, 4) is 0 Å². The summed E-state index contributed by atoms with van der Waals surface area (Å²) in [7, 11) is 0. The van der Waals surface area contributed by atoms with Crippen LogP contribution in [-0.4, -0.2) is 70.3 Å². The molecule has 0 aromatic rings. The molecule has 0 atom stereocenters. The van der Waals surface area contributed by atoms with Crippen LogP contribution in [-0.2, 0) is 4.74 Å². The summed E-state index contributed by atoms with van der Waals surface area (Å²) in [6.45, 7) is 24.3. The van der Waals surface area contributed by atoms with Crippen LogP contribution in [0.15, 0.2) is 24.7 Å². The Morgan fingerprint density at radius 2 is 0.692 bits per heavy atom. The number of aliphatic hydroxyl groups is 6. The van der Waals surface area contributed by atoms with E-state index in [1.165, 1.54) is 186 Å². The number of rotatable bonds is 40. The van der Waals surface area contributed by atoms with E-state index in [0.717, 1.165) is 56.6 Å². The quantitative estimate of drug-likeness (QED) is 0.0266. The van der Waals surface area contributed by atoms with Crippen molar-refractivity contribution < 1.29 is 35.4 Å². The number of hydrogen-bond donors (Lipinski definition) is 6. The van der Waals surface area contributed by atoms with Crippen LogP contribution in [0, 0.1) is 17.3 Å². The van der Waals surface area contributed by atoms with E-state index in [4.69, 9.17) is 35.4 Å². The minimum absolute atomic E-state index is 0.0965. The van der Waals surface area contributed by atoms with Gasteiger partial charge in [0.1, 0.15) is 6.61 Å². The third-order valence-electron chi connectivity index (χ3n) is 10.7. The van der Waals surface area contributed by atoms with Crippen LogP contribution in [0.4, 0.5) is 0 Å². The van der Waals surface area contributed by atoms with Gasteiger partial charge >= 0.3 is 0 Å². The summed E-state index contributed by atoms with van der Waals surface area (Å²) in [4.78, 5) is 0. The number of hydrogen-bond acceptors (Lipinski definition) is 7. The summed E-state index contributed by atoms with van der Waals surface area (Å²) in [5.41, 5.74) is 0.468. The lowest BCUT2D eigenvalue weighted by molar-refractivity contribution is 0.165. The molecule has 0 aliphatic carbocycles. The predicted octanol–water partition coefficient (Wildman–Crippen LogP) is 17.6. The summed E-state index contributed by atoms with van der Waals surface area (Å²) in [6, 6.07) is 0. The molecule has 0 aromatic carbocycles. The van der Waals surface area contributed by atoms with Gasteiger partial charge in [-0.15, -0.1) is 0 Å². The van der Waals surface area contributed by atoms with Crippen molar-refractivity contribution in [1.29, 1.82) is 0 Å². The Bertz CT molecular complexity index is 769. The van der Waals surface area contributed by atoms with E-state index < -0.39 is 0 Å². The lowest BCUT2D eigenvalue weighted by Gasteiger charge is -2.17. The van der Waals surface area contributed by atoms with E-state index >= 15 is 0 Å². The van der Waals surface area contributed by atoms with Gasteiger partial charge < -0.3 is 35.4 Å². The lowest BCUT2D eigenvalue weighted by Crippen LogP contribution is -2.04. The molecular weight excluding hydrogens is 809 g/mol. The van der Waals surface area contributed by atoms with Gasteiger partial charge in [0.2, 0.25) is 0 Å². The van der Waals surface area contributed by atoms with E-state index in [1.54, 1.807) is 6.26 Å². The maximum Gasteiger partial charge on any atom is 0.110 e. The van der Waals surface area contributed by atoms with Crippen LogP contribution < -0.4 is 0 Å². The number of unbranched alkanes of at least 4 members (excludes halogenated alkanes) is 26. The molecule has 65 heavy (non-hydrogen) atoms. The molecule has 7 heteroatoms. The standard InChI is InChI=1S/C12H26O.C12H24O.C9H18O2.2C9H20O.C7H16O/c2*1-2-3-4-5-6-7-8-9-10-11-12-13;1-2-3-4-5-6-8-11-9-7-10;1-9(2,3)7-5-4-6-8-10;1-9(2)7-5-3-4-6-8-10;1-7(2)5-3-4-6-8/h13H,2-12H2,1H3;11-13H,2-10H2,1H3;6,8,10H,2-5,7,9H2,1H3;10H,4-8H2,1-3H3;9-10H,3-8H2,1-2H3;7-8H,3-6H2,1-2H3. The predicted molar refractivity (Wildman–Crippen MR) is 290 cm³/mol. The zero-order valence-corrected chi connectivity index (χ0v) is 46.0. The smallest absolute Gasteiger partial charge is 0.110 e. The van der Waals surface area contributed by atoms with Crippen LogP contribution in [0.1, 0.15) is 294 Å². The van der Waals surface area contributed by atoms with E-state index in [2.05, 4.69) is 69.2 Å². The topological polar surface area (TPSA) is 131 Å². The molecule has 0 heterocycles. The molecule has 0 aliphatic heterocycles. The molecule has 0 saturated heterocycles. The Kier molecular flexibility index (Phi) is 86.3. The fourth-order valence-corrected chi connectivity index (χ4v) is 6.47. The first kappa shape index (κ1) is 75.4. The van der Waals surface area contributed by atoms with Crippen LogP contribution in [0.5, 0.6) is 0 Å². The Morgan fingerprint density at radius 1 is 0.385 bits per heavy atom. The van der Waals surface area contributed by atoms with Crippen molar-refractivity contribution in [3.05, 3.63) is 24.7 Å². The third kappa shape index (κ3) is 111. The fraction of sp³-hybridized carbons (Fsp3) is 0.931. The van der Waals surface area contributed by atoms with Crippen molar-refractivity contribution in [3.63, 3.8) is 0 Å². The molecule has 0 rings (SSSR count). The lowest BCUT2D eigenvalue weighted by atomic mass is 9.89. The second-order valence-corrected chi connectivity index (χ2v) is 20.0. The average molecular weight is 934 g/mol. The molecular formula is C58H124O7. The molecule has 0 radical (unpaired) electrons.